The fourth-order valence-corrected chi connectivity index (χ4v) is 2.89. The molecule has 0 spiro atoms. The third-order valence-corrected chi connectivity index (χ3v) is 4.04. The van der Waals surface area contributed by atoms with Crippen molar-refractivity contribution in [3.63, 3.8) is 0 Å². The summed E-state index contributed by atoms with van der Waals surface area (Å²) in [5, 5.41) is 3.78. The summed E-state index contributed by atoms with van der Waals surface area (Å²) >= 11 is 0. The van der Waals surface area contributed by atoms with Gasteiger partial charge in [0.15, 0.2) is 0 Å². The molecule has 1 heterocycles. The number of hydrogen-bond donors (Lipinski definition) is 1. The molecule has 1 heteroatoms. The van der Waals surface area contributed by atoms with E-state index in [1.54, 1.807) is 0 Å². The fourth-order valence-electron chi connectivity index (χ4n) is 2.89. The van der Waals surface area contributed by atoms with Gasteiger partial charge in [0.1, 0.15) is 0 Å². The first-order chi connectivity index (χ1) is 5.87. The summed E-state index contributed by atoms with van der Waals surface area (Å²) in [5.41, 5.74) is 0.566. The second kappa shape index (κ2) is 3.37. The molecule has 1 aliphatic carbocycles. The molecule has 0 aromatic heterocycles. The zero-order chi connectivity index (χ0) is 8.44. The van der Waals surface area contributed by atoms with Gasteiger partial charge in [0.25, 0.3) is 0 Å². The molecule has 0 aromatic rings. The van der Waals surface area contributed by atoms with Crippen LogP contribution >= 0.6 is 0 Å². The highest BCUT2D eigenvalue weighted by molar-refractivity contribution is 4.98. The van der Waals surface area contributed by atoms with Crippen LogP contribution in [0.25, 0.3) is 0 Å². The third-order valence-electron chi connectivity index (χ3n) is 4.04. The maximum Gasteiger partial charge on any atom is 0.0207 e. The summed E-state index contributed by atoms with van der Waals surface area (Å²) in [6, 6.07) is 0. The van der Waals surface area contributed by atoms with Gasteiger partial charge in [-0.1, -0.05) is 19.8 Å². The van der Waals surface area contributed by atoms with Crippen LogP contribution in [0.1, 0.15) is 51.9 Å². The van der Waals surface area contributed by atoms with Crippen LogP contribution in [0.4, 0.5) is 0 Å². The molecular weight excluding hydrogens is 146 g/mol. The molecule has 2 fully saturated rings. The van der Waals surface area contributed by atoms with E-state index in [0.29, 0.717) is 5.54 Å². The molecule has 2 rings (SSSR count). The molecule has 0 bridgehead atoms. The molecule has 1 aliphatic heterocycles. The minimum Gasteiger partial charge on any atom is -0.311 e. The summed E-state index contributed by atoms with van der Waals surface area (Å²) in [5.74, 6) is 1.02. The molecule has 0 amide bonds. The summed E-state index contributed by atoms with van der Waals surface area (Å²) in [7, 11) is 0. The molecule has 12 heavy (non-hydrogen) atoms. The van der Waals surface area contributed by atoms with E-state index >= 15 is 0 Å². The van der Waals surface area contributed by atoms with Gasteiger partial charge in [-0.3, -0.25) is 0 Å². The number of hydrogen-bond acceptors (Lipinski definition) is 1. The van der Waals surface area contributed by atoms with Gasteiger partial charge in [-0.05, 0) is 44.6 Å². The molecule has 1 N–H and O–H groups in total. The zero-order valence-electron chi connectivity index (χ0n) is 8.23. The van der Waals surface area contributed by atoms with E-state index in [2.05, 4.69) is 12.2 Å². The first kappa shape index (κ1) is 8.55. The Kier molecular flexibility index (Phi) is 2.40. The highest BCUT2D eigenvalue weighted by atomic mass is 15.0. The van der Waals surface area contributed by atoms with Crippen LogP contribution in [0.2, 0.25) is 0 Å². The Balaban J connectivity index is 2.00. The van der Waals surface area contributed by atoms with Crippen LogP contribution in [-0.2, 0) is 0 Å². The average Bonchev–Trinajstić information content (AvgIpc) is 2.03. The molecule has 2 aliphatic rings. The zero-order valence-corrected chi connectivity index (χ0v) is 8.23. The van der Waals surface area contributed by atoms with Gasteiger partial charge in [0, 0.05) is 5.54 Å². The highest BCUT2D eigenvalue weighted by Crippen LogP contribution is 2.42. The van der Waals surface area contributed by atoms with Crippen molar-refractivity contribution in [1.82, 2.24) is 5.32 Å². The minimum absolute atomic E-state index is 0.566. The van der Waals surface area contributed by atoms with Crippen molar-refractivity contribution in [3.8, 4) is 0 Å². The molecule has 1 atom stereocenters. The van der Waals surface area contributed by atoms with Crippen molar-refractivity contribution in [1.29, 1.82) is 0 Å². The van der Waals surface area contributed by atoms with E-state index in [4.69, 9.17) is 0 Å². The van der Waals surface area contributed by atoms with Crippen molar-refractivity contribution >= 4 is 0 Å². The Labute approximate surface area is 75.9 Å². The summed E-state index contributed by atoms with van der Waals surface area (Å²) < 4.78 is 0. The third kappa shape index (κ3) is 1.28. The second-order valence-electron chi connectivity index (χ2n) is 4.52. The lowest BCUT2D eigenvalue weighted by Crippen LogP contribution is -2.55. The predicted molar refractivity (Wildman–Crippen MR) is 52.2 cm³/mol. The molecule has 0 radical (unpaired) electrons. The van der Waals surface area contributed by atoms with E-state index in [0.717, 1.165) is 5.92 Å². The van der Waals surface area contributed by atoms with E-state index in [1.807, 2.05) is 0 Å². The van der Waals surface area contributed by atoms with Gasteiger partial charge < -0.3 is 5.32 Å². The van der Waals surface area contributed by atoms with Crippen molar-refractivity contribution in [2.24, 2.45) is 5.92 Å². The lowest BCUT2D eigenvalue weighted by Gasteiger charge is -2.48. The summed E-state index contributed by atoms with van der Waals surface area (Å²) in [4.78, 5) is 0. The van der Waals surface area contributed by atoms with Gasteiger partial charge in [-0.15, -0.1) is 0 Å². The molecule has 1 nitrogen and oxygen atoms in total. The molecule has 1 saturated heterocycles. The van der Waals surface area contributed by atoms with E-state index in [1.165, 1.54) is 51.5 Å². The van der Waals surface area contributed by atoms with Gasteiger partial charge in [-0.25, -0.2) is 0 Å². The lowest BCUT2D eigenvalue weighted by molar-refractivity contribution is 0.0923. The normalized spacial score (nSPS) is 37.8. The summed E-state index contributed by atoms with van der Waals surface area (Å²) in [6.45, 7) is 3.63. The van der Waals surface area contributed by atoms with Crippen LogP contribution in [0.3, 0.4) is 0 Å². The molecular formula is C11H21N. The largest absolute Gasteiger partial charge is 0.311 e. The Morgan fingerprint density at radius 1 is 1.25 bits per heavy atom. The lowest BCUT2D eigenvalue weighted by atomic mass is 9.66. The van der Waals surface area contributed by atoms with E-state index in [9.17, 15) is 0 Å². The SMILES string of the molecule is CCC1(C2CCC2)CCCCN1. The Morgan fingerprint density at radius 2 is 2.08 bits per heavy atom. The molecule has 1 unspecified atom stereocenters. The van der Waals surface area contributed by atoms with Crippen LogP contribution < -0.4 is 5.32 Å². The Bertz CT molecular complexity index is 143. The van der Waals surface area contributed by atoms with Crippen LogP contribution in [0.5, 0.6) is 0 Å². The average molecular weight is 167 g/mol. The molecule has 0 aromatic carbocycles. The Hall–Kier alpha value is -0.0400. The number of piperidine rings is 1. The molecule has 70 valence electrons. The van der Waals surface area contributed by atoms with Crippen LogP contribution in [-0.4, -0.2) is 12.1 Å². The molecule has 1 saturated carbocycles. The van der Waals surface area contributed by atoms with Gasteiger partial charge >= 0.3 is 0 Å². The van der Waals surface area contributed by atoms with E-state index in [-0.39, 0.29) is 0 Å². The van der Waals surface area contributed by atoms with Crippen LogP contribution in [0, 0.1) is 5.92 Å². The quantitative estimate of drug-likeness (QED) is 0.667. The maximum atomic E-state index is 3.78. The van der Waals surface area contributed by atoms with Crippen molar-refractivity contribution in [2.45, 2.75) is 57.4 Å². The first-order valence-corrected chi connectivity index (χ1v) is 5.62. The number of rotatable bonds is 2. The van der Waals surface area contributed by atoms with E-state index < -0.39 is 0 Å². The first-order valence-electron chi connectivity index (χ1n) is 5.62. The monoisotopic (exact) mass is 167 g/mol. The predicted octanol–water partition coefficient (Wildman–Crippen LogP) is 2.71. The van der Waals surface area contributed by atoms with Gasteiger partial charge in [0.05, 0.1) is 0 Å². The van der Waals surface area contributed by atoms with Crippen molar-refractivity contribution < 1.29 is 0 Å². The topological polar surface area (TPSA) is 12.0 Å². The second-order valence-corrected chi connectivity index (χ2v) is 4.52. The smallest absolute Gasteiger partial charge is 0.0207 e. The summed E-state index contributed by atoms with van der Waals surface area (Å²) in [6.07, 6.45) is 10.1. The maximum absolute atomic E-state index is 3.78. The van der Waals surface area contributed by atoms with Crippen molar-refractivity contribution in [3.05, 3.63) is 0 Å². The Morgan fingerprint density at radius 3 is 2.50 bits per heavy atom. The van der Waals surface area contributed by atoms with Gasteiger partial charge in [0.2, 0.25) is 0 Å². The number of nitrogens with one attached hydrogen (secondary N) is 1. The van der Waals surface area contributed by atoms with Gasteiger partial charge in [-0.2, -0.15) is 0 Å². The minimum atomic E-state index is 0.566. The van der Waals surface area contributed by atoms with Crippen LogP contribution in [0.15, 0.2) is 0 Å². The highest BCUT2D eigenvalue weighted by Gasteiger charge is 2.40. The standard InChI is InChI=1S/C11H21N/c1-2-11(10-6-5-7-10)8-3-4-9-12-11/h10,12H,2-9H2,1H3. The fraction of sp³-hybridized carbons (Fsp3) is 1.00. The van der Waals surface area contributed by atoms with Crippen molar-refractivity contribution in [2.75, 3.05) is 6.54 Å².